The molecular formula is C42H25N3O. The molecule has 10 aromatic rings. The van der Waals surface area contributed by atoms with Crippen molar-refractivity contribution < 1.29 is 4.42 Å². The molecule has 3 aromatic heterocycles. The molecule has 4 heteroatoms. The van der Waals surface area contributed by atoms with Gasteiger partial charge in [0.25, 0.3) is 0 Å². The van der Waals surface area contributed by atoms with E-state index in [9.17, 15) is 0 Å². The van der Waals surface area contributed by atoms with Crippen LogP contribution < -0.4 is 0 Å². The average molecular weight is 588 g/mol. The number of rotatable bonds is 3. The Balaban J connectivity index is 1.29. The summed E-state index contributed by atoms with van der Waals surface area (Å²) >= 11 is 0. The second kappa shape index (κ2) is 9.62. The van der Waals surface area contributed by atoms with Crippen molar-refractivity contribution in [1.29, 1.82) is 0 Å². The van der Waals surface area contributed by atoms with E-state index in [1.54, 1.807) is 0 Å². The normalized spacial score (nSPS) is 11.9. The van der Waals surface area contributed by atoms with Crippen LogP contribution in [0.25, 0.3) is 93.8 Å². The number of para-hydroxylation sites is 5. The molecule has 0 atom stereocenters. The third-order valence-corrected chi connectivity index (χ3v) is 9.18. The zero-order valence-electron chi connectivity index (χ0n) is 24.7. The van der Waals surface area contributed by atoms with Gasteiger partial charge in [0.05, 0.1) is 22.1 Å². The highest BCUT2D eigenvalue weighted by molar-refractivity contribution is 6.13. The van der Waals surface area contributed by atoms with Crippen LogP contribution in [0.5, 0.6) is 0 Å². The van der Waals surface area contributed by atoms with E-state index in [0.717, 1.165) is 77.6 Å². The number of fused-ring (bicyclic) bond motifs is 8. The van der Waals surface area contributed by atoms with E-state index in [1.807, 2.05) is 36.4 Å². The number of aromatic nitrogens is 3. The fraction of sp³-hybridized carbons (Fsp3) is 0. The molecule has 0 saturated heterocycles. The van der Waals surface area contributed by atoms with E-state index < -0.39 is 0 Å². The topological polar surface area (TPSA) is 43.9 Å². The Bertz CT molecular complexity index is 2820. The van der Waals surface area contributed by atoms with E-state index in [2.05, 4.69) is 120 Å². The molecule has 4 nitrogen and oxygen atoms in total. The monoisotopic (exact) mass is 587 g/mol. The van der Waals surface area contributed by atoms with Gasteiger partial charge in [-0.25, -0.2) is 9.97 Å². The zero-order chi connectivity index (χ0) is 30.2. The van der Waals surface area contributed by atoms with Crippen LogP contribution >= 0.6 is 0 Å². The summed E-state index contributed by atoms with van der Waals surface area (Å²) in [7, 11) is 0. The predicted octanol–water partition coefficient (Wildman–Crippen LogP) is 11.1. The van der Waals surface area contributed by atoms with Crippen molar-refractivity contribution in [2.75, 3.05) is 0 Å². The molecule has 0 spiro atoms. The quantitative estimate of drug-likeness (QED) is 0.207. The molecule has 0 N–H and O–H groups in total. The van der Waals surface area contributed by atoms with Gasteiger partial charge in [0, 0.05) is 32.7 Å². The first kappa shape index (κ1) is 25.1. The van der Waals surface area contributed by atoms with Crippen LogP contribution in [0.1, 0.15) is 0 Å². The van der Waals surface area contributed by atoms with Crippen molar-refractivity contribution in [3.05, 3.63) is 152 Å². The lowest BCUT2D eigenvalue weighted by atomic mass is 10.0. The Hall–Kier alpha value is -6.26. The van der Waals surface area contributed by atoms with Crippen molar-refractivity contribution in [2.45, 2.75) is 0 Å². The predicted molar refractivity (Wildman–Crippen MR) is 190 cm³/mol. The Labute approximate surface area is 263 Å². The summed E-state index contributed by atoms with van der Waals surface area (Å²) in [4.78, 5) is 10.6. The summed E-state index contributed by atoms with van der Waals surface area (Å²) in [5.74, 6) is 0.805. The van der Waals surface area contributed by atoms with Crippen molar-refractivity contribution in [2.24, 2.45) is 0 Å². The molecule has 0 amide bonds. The first-order valence-electron chi connectivity index (χ1n) is 15.5. The SMILES string of the molecule is c1ccc2cc(-c3nc4ccccc4nc3-n3c4ccccc4c4ccc(-c5cccc6c5oc5ccccc56)cc43)ccc2c1. The highest BCUT2D eigenvalue weighted by atomic mass is 16.3. The standard InChI is InChI=1S/C42H25N3O/c1-2-11-27-24-29(21-20-26(27)10-1)40-42(44-36-17-6-5-16-35(36)43-40)45-37-18-7-3-12-31(37)32-23-22-28(25-38(32)45)30-14-9-15-34-33-13-4-8-19-39(33)46-41(30)34/h1-25H. The van der Waals surface area contributed by atoms with Gasteiger partial charge in [-0.2, -0.15) is 0 Å². The van der Waals surface area contributed by atoms with Crippen molar-refractivity contribution in [1.82, 2.24) is 14.5 Å². The molecule has 0 aliphatic carbocycles. The fourth-order valence-electron chi connectivity index (χ4n) is 7.02. The van der Waals surface area contributed by atoms with Crippen LogP contribution in [0.4, 0.5) is 0 Å². The number of hydrogen-bond donors (Lipinski definition) is 0. The minimum atomic E-state index is 0.805. The molecule has 7 aromatic carbocycles. The highest BCUT2D eigenvalue weighted by Gasteiger charge is 2.21. The maximum absolute atomic E-state index is 6.45. The second-order valence-electron chi connectivity index (χ2n) is 11.8. The molecule has 0 bridgehead atoms. The minimum Gasteiger partial charge on any atom is -0.455 e. The number of benzene rings is 7. The first-order valence-corrected chi connectivity index (χ1v) is 15.5. The molecule has 0 fully saturated rings. The molecule has 0 aliphatic rings. The van der Waals surface area contributed by atoms with E-state index in [-0.39, 0.29) is 0 Å². The van der Waals surface area contributed by atoms with Gasteiger partial charge in [-0.3, -0.25) is 4.57 Å². The van der Waals surface area contributed by atoms with Crippen molar-refractivity contribution in [3.8, 4) is 28.2 Å². The average Bonchev–Trinajstić information content (AvgIpc) is 3.66. The third-order valence-electron chi connectivity index (χ3n) is 9.18. The molecule has 0 radical (unpaired) electrons. The van der Waals surface area contributed by atoms with Gasteiger partial charge in [0.1, 0.15) is 16.9 Å². The zero-order valence-corrected chi connectivity index (χ0v) is 24.7. The van der Waals surface area contributed by atoms with Gasteiger partial charge in [-0.15, -0.1) is 0 Å². The van der Waals surface area contributed by atoms with Crippen LogP contribution in [0.2, 0.25) is 0 Å². The lowest BCUT2D eigenvalue weighted by Crippen LogP contribution is -2.03. The Morgan fingerprint density at radius 1 is 0.457 bits per heavy atom. The minimum absolute atomic E-state index is 0.805. The molecule has 3 heterocycles. The molecule has 0 unspecified atom stereocenters. The van der Waals surface area contributed by atoms with Gasteiger partial charge >= 0.3 is 0 Å². The molecular weight excluding hydrogens is 562 g/mol. The molecule has 0 aliphatic heterocycles. The molecule has 46 heavy (non-hydrogen) atoms. The van der Waals surface area contributed by atoms with Gasteiger partial charge < -0.3 is 4.42 Å². The summed E-state index contributed by atoms with van der Waals surface area (Å²) in [6.45, 7) is 0. The summed E-state index contributed by atoms with van der Waals surface area (Å²) in [5.41, 5.74) is 9.69. The number of hydrogen-bond acceptors (Lipinski definition) is 3. The van der Waals surface area contributed by atoms with Crippen molar-refractivity contribution in [3.63, 3.8) is 0 Å². The van der Waals surface area contributed by atoms with Gasteiger partial charge in [0.15, 0.2) is 5.82 Å². The summed E-state index contributed by atoms with van der Waals surface area (Å²) in [5, 5.41) is 6.95. The van der Waals surface area contributed by atoms with Gasteiger partial charge in [-0.1, -0.05) is 115 Å². The van der Waals surface area contributed by atoms with E-state index in [1.165, 1.54) is 16.2 Å². The van der Waals surface area contributed by atoms with Crippen LogP contribution in [0.3, 0.4) is 0 Å². The van der Waals surface area contributed by atoms with Crippen LogP contribution in [0, 0.1) is 0 Å². The van der Waals surface area contributed by atoms with Crippen LogP contribution in [0.15, 0.2) is 156 Å². The van der Waals surface area contributed by atoms with E-state index in [0.29, 0.717) is 0 Å². The lowest BCUT2D eigenvalue weighted by Gasteiger charge is -2.14. The fourth-order valence-corrected chi connectivity index (χ4v) is 7.02. The van der Waals surface area contributed by atoms with Gasteiger partial charge in [-0.05, 0) is 52.7 Å². The molecule has 0 saturated carbocycles. The Morgan fingerprint density at radius 3 is 2.07 bits per heavy atom. The number of nitrogens with zero attached hydrogens (tertiary/aromatic N) is 3. The second-order valence-corrected chi connectivity index (χ2v) is 11.8. The Kier molecular flexibility index (Phi) is 5.25. The third kappa shape index (κ3) is 3.67. The maximum atomic E-state index is 6.45. The molecule has 10 rings (SSSR count). The molecule has 214 valence electrons. The largest absolute Gasteiger partial charge is 0.455 e. The summed E-state index contributed by atoms with van der Waals surface area (Å²) in [6.07, 6.45) is 0. The van der Waals surface area contributed by atoms with Gasteiger partial charge in [0.2, 0.25) is 0 Å². The van der Waals surface area contributed by atoms with Crippen molar-refractivity contribution >= 4 is 65.6 Å². The van der Waals surface area contributed by atoms with E-state index in [4.69, 9.17) is 14.4 Å². The number of furan rings is 1. The maximum Gasteiger partial charge on any atom is 0.165 e. The van der Waals surface area contributed by atoms with E-state index >= 15 is 0 Å². The van der Waals surface area contributed by atoms with Crippen LogP contribution in [-0.4, -0.2) is 14.5 Å². The summed E-state index contributed by atoms with van der Waals surface area (Å²) in [6, 6.07) is 53.0. The smallest absolute Gasteiger partial charge is 0.165 e. The first-order chi connectivity index (χ1) is 22.8. The highest BCUT2D eigenvalue weighted by Crippen LogP contribution is 2.40. The Morgan fingerprint density at radius 2 is 1.15 bits per heavy atom. The summed E-state index contributed by atoms with van der Waals surface area (Å²) < 4.78 is 8.74. The lowest BCUT2D eigenvalue weighted by molar-refractivity contribution is 0.670. The van der Waals surface area contributed by atoms with Crippen LogP contribution in [-0.2, 0) is 0 Å².